The average Bonchev–Trinajstić information content (AvgIpc) is 2.42. The molecule has 0 bridgehead atoms. The number of phenols is 1. The maximum Gasteiger partial charge on any atom is 0.339 e. The number of carboxylic acids is 1. The molecule has 2 aromatic rings. The fraction of sp³-hybridized carbons (Fsp3) is 0.133. The summed E-state index contributed by atoms with van der Waals surface area (Å²) in [6.07, 6.45) is 0. The number of carboxylic acid groups (broad SMARTS) is 1. The lowest BCUT2D eigenvalue weighted by Gasteiger charge is -2.04. The average molecular weight is 244 g/mol. The van der Waals surface area contributed by atoms with Crippen LogP contribution in [0, 0.1) is 0 Å². The molecule has 18 heavy (non-hydrogen) atoms. The van der Waals surface area contributed by atoms with Gasteiger partial charge in [0.1, 0.15) is 11.3 Å². The third-order valence-electron chi connectivity index (χ3n) is 2.33. The number of benzene rings is 2. The van der Waals surface area contributed by atoms with E-state index in [9.17, 15) is 9.90 Å². The molecule has 94 valence electrons. The lowest BCUT2D eigenvalue weighted by molar-refractivity contribution is 0.0694. The smallest absolute Gasteiger partial charge is 0.339 e. The van der Waals surface area contributed by atoms with Crippen molar-refractivity contribution in [2.75, 3.05) is 0 Å². The van der Waals surface area contributed by atoms with Crippen LogP contribution in [0.25, 0.3) is 11.1 Å². The number of hydrogen-bond donors (Lipinski definition) is 2. The molecule has 0 aromatic heterocycles. The summed E-state index contributed by atoms with van der Waals surface area (Å²) in [6.45, 7) is 4.00. The van der Waals surface area contributed by atoms with E-state index in [1.807, 2.05) is 44.2 Å². The number of carbonyl (C=O) groups is 1. The van der Waals surface area contributed by atoms with Crippen molar-refractivity contribution in [3.8, 4) is 16.9 Å². The van der Waals surface area contributed by atoms with Crippen molar-refractivity contribution in [2.24, 2.45) is 0 Å². The van der Waals surface area contributed by atoms with E-state index in [1.165, 1.54) is 12.1 Å². The fourth-order valence-corrected chi connectivity index (χ4v) is 1.52. The van der Waals surface area contributed by atoms with Gasteiger partial charge in [-0.2, -0.15) is 0 Å². The highest BCUT2D eigenvalue weighted by Gasteiger charge is 2.10. The van der Waals surface area contributed by atoms with Crippen LogP contribution in [0.2, 0.25) is 0 Å². The van der Waals surface area contributed by atoms with Crippen LogP contribution < -0.4 is 0 Å². The van der Waals surface area contributed by atoms with E-state index < -0.39 is 5.97 Å². The molecule has 0 heterocycles. The van der Waals surface area contributed by atoms with Crippen LogP contribution in [-0.2, 0) is 0 Å². The maximum absolute atomic E-state index is 10.8. The van der Waals surface area contributed by atoms with Crippen LogP contribution in [0.3, 0.4) is 0 Å². The van der Waals surface area contributed by atoms with Crippen molar-refractivity contribution in [1.29, 1.82) is 0 Å². The Morgan fingerprint density at radius 3 is 2.11 bits per heavy atom. The second kappa shape index (κ2) is 6.45. The molecule has 0 radical (unpaired) electrons. The van der Waals surface area contributed by atoms with Gasteiger partial charge in [0, 0.05) is 0 Å². The van der Waals surface area contributed by atoms with Gasteiger partial charge in [0.05, 0.1) is 0 Å². The molecule has 0 saturated heterocycles. The van der Waals surface area contributed by atoms with E-state index >= 15 is 0 Å². The van der Waals surface area contributed by atoms with E-state index in [0.29, 0.717) is 0 Å². The van der Waals surface area contributed by atoms with Crippen molar-refractivity contribution in [3.63, 3.8) is 0 Å². The molecule has 0 spiro atoms. The van der Waals surface area contributed by atoms with E-state index in [2.05, 4.69) is 0 Å². The quantitative estimate of drug-likeness (QED) is 0.845. The van der Waals surface area contributed by atoms with Gasteiger partial charge in [0.15, 0.2) is 0 Å². The highest BCUT2D eigenvalue weighted by molar-refractivity contribution is 5.92. The Morgan fingerprint density at radius 2 is 1.56 bits per heavy atom. The predicted octanol–water partition coefficient (Wildman–Crippen LogP) is 3.78. The Kier molecular flexibility index (Phi) is 4.93. The minimum absolute atomic E-state index is 0.0821. The van der Waals surface area contributed by atoms with Crippen LogP contribution in [0.15, 0.2) is 48.5 Å². The Balaban J connectivity index is 0.000000771. The predicted molar refractivity (Wildman–Crippen MR) is 71.9 cm³/mol. The molecule has 3 nitrogen and oxygen atoms in total. The second-order valence-electron chi connectivity index (χ2n) is 3.40. The molecule has 2 N–H and O–H groups in total. The van der Waals surface area contributed by atoms with Gasteiger partial charge < -0.3 is 10.2 Å². The largest absolute Gasteiger partial charge is 0.507 e. The number of aromatic hydroxyl groups is 1. The van der Waals surface area contributed by atoms with Crippen molar-refractivity contribution in [2.45, 2.75) is 13.8 Å². The van der Waals surface area contributed by atoms with E-state index in [-0.39, 0.29) is 11.3 Å². The topological polar surface area (TPSA) is 57.5 Å². The van der Waals surface area contributed by atoms with E-state index in [0.717, 1.165) is 11.1 Å². The van der Waals surface area contributed by atoms with Gasteiger partial charge >= 0.3 is 5.97 Å². The highest BCUT2D eigenvalue weighted by Crippen LogP contribution is 2.25. The molecule has 0 amide bonds. The van der Waals surface area contributed by atoms with Crippen molar-refractivity contribution >= 4 is 5.97 Å². The minimum atomic E-state index is -1.13. The van der Waals surface area contributed by atoms with Gasteiger partial charge in [0.25, 0.3) is 0 Å². The van der Waals surface area contributed by atoms with Gasteiger partial charge in [-0.15, -0.1) is 0 Å². The van der Waals surface area contributed by atoms with E-state index in [1.54, 1.807) is 6.07 Å². The number of aromatic carboxylic acids is 1. The molecule has 2 aromatic carbocycles. The van der Waals surface area contributed by atoms with Crippen LogP contribution >= 0.6 is 0 Å². The summed E-state index contributed by atoms with van der Waals surface area (Å²) in [4.78, 5) is 10.8. The molecule has 0 aliphatic carbocycles. The third kappa shape index (κ3) is 3.10. The van der Waals surface area contributed by atoms with Gasteiger partial charge in [0.2, 0.25) is 0 Å². The van der Waals surface area contributed by atoms with Crippen LogP contribution in [-0.4, -0.2) is 16.2 Å². The first-order valence-corrected chi connectivity index (χ1v) is 5.80. The van der Waals surface area contributed by atoms with Crippen LogP contribution in [0.4, 0.5) is 0 Å². The summed E-state index contributed by atoms with van der Waals surface area (Å²) >= 11 is 0. The second-order valence-corrected chi connectivity index (χ2v) is 3.40. The lowest BCUT2D eigenvalue weighted by atomic mass is 10.0. The summed E-state index contributed by atoms with van der Waals surface area (Å²) in [6, 6.07) is 14.0. The molecule has 0 saturated carbocycles. The maximum atomic E-state index is 10.8. The Hall–Kier alpha value is -2.29. The summed E-state index contributed by atoms with van der Waals surface area (Å²) in [5.41, 5.74) is 1.61. The zero-order chi connectivity index (χ0) is 13.5. The molecular formula is C15H16O3. The number of rotatable bonds is 2. The van der Waals surface area contributed by atoms with Crippen LogP contribution in [0.1, 0.15) is 24.2 Å². The first-order valence-electron chi connectivity index (χ1n) is 5.80. The standard InChI is InChI=1S/C13H10O3.C2H6/c14-12-7-6-10(8-11(12)13(15)16)9-4-2-1-3-5-9;1-2/h1-8,14H,(H,15,16);1-2H3. The SMILES string of the molecule is CC.O=C(O)c1cc(-c2ccccc2)ccc1O. The summed E-state index contributed by atoms with van der Waals surface area (Å²) in [5.74, 6) is -1.34. The summed E-state index contributed by atoms with van der Waals surface area (Å²) in [5, 5.41) is 18.2. The van der Waals surface area contributed by atoms with Crippen molar-refractivity contribution in [1.82, 2.24) is 0 Å². The molecule has 3 heteroatoms. The Labute approximate surface area is 106 Å². The van der Waals surface area contributed by atoms with Gasteiger partial charge in [-0.1, -0.05) is 50.2 Å². The molecule has 2 rings (SSSR count). The van der Waals surface area contributed by atoms with Crippen molar-refractivity contribution < 1.29 is 15.0 Å². The first-order chi connectivity index (χ1) is 8.68. The third-order valence-corrected chi connectivity index (χ3v) is 2.33. The van der Waals surface area contributed by atoms with Crippen LogP contribution in [0.5, 0.6) is 5.75 Å². The van der Waals surface area contributed by atoms with Gasteiger partial charge in [-0.25, -0.2) is 4.79 Å². The van der Waals surface area contributed by atoms with E-state index in [4.69, 9.17) is 5.11 Å². The van der Waals surface area contributed by atoms with Gasteiger partial charge in [-0.3, -0.25) is 0 Å². The van der Waals surface area contributed by atoms with Gasteiger partial charge in [-0.05, 0) is 23.3 Å². The molecule has 0 unspecified atom stereocenters. The fourth-order valence-electron chi connectivity index (χ4n) is 1.52. The molecule has 0 fully saturated rings. The first kappa shape index (κ1) is 13.8. The highest BCUT2D eigenvalue weighted by atomic mass is 16.4. The molecule has 0 aliphatic heterocycles. The Morgan fingerprint density at radius 1 is 0.944 bits per heavy atom. The van der Waals surface area contributed by atoms with Crippen molar-refractivity contribution in [3.05, 3.63) is 54.1 Å². The molecule has 0 atom stereocenters. The zero-order valence-corrected chi connectivity index (χ0v) is 10.4. The zero-order valence-electron chi connectivity index (χ0n) is 10.4. The number of hydrogen-bond acceptors (Lipinski definition) is 2. The molecule has 0 aliphatic rings. The summed E-state index contributed by atoms with van der Waals surface area (Å²) in [7, 11) is 0. The minimum Gasteiger partial charge on any atom is -0.507 e. The lowest BCUT2D eigenvalue weighted by Crippen LogP contribution is -1.96. The monoisotopic (exact) mass is 244 g/mol. The summed E-state index contributed by atoms with van der Waals surface area (Å²) < 4.78 is 0. The Bertz CT molecular complexity index is 519. The normalized spacial score (nSPS) is 9.22. The molecular weight excluding hydrogens is 228 g/mol.